The molecule has 0 aromatic carbocycles. The largest absolute Gasteiger partial charge is 0.480 e. The molecule has 3 amide bonds. The lowest BCUT2D eigenvalue weighted by Crippen LogP contribution is -2.55. The van der Waals surface area contributed by atoms with Crippen LogP contribution in [0.1, 0.15) is 26.7 Å². The van der Waals surface area contributed by atoms with Crippen LogP contribution in [0.2, 0.25) is 0 Å². The summed E-state index contributed by atoms with van der Waals surface area (Å²) in [6.07, 6.45) is 2.60. The van der Waals surface area contributed by atoms with E-state index in [4.69, 9.17) is 10.8 Å². The van der Waals surface area contributed by atoms with Gasteiger partial charge in [0.25, 0.3) is 0 Å². The van der Waals surface area contributed by atoms with Gasteiger partial charge in [-0.15, -0.1) is 0 Å². The van der Waals surface area contributed by atoms with Crippen molar-refractivity contribution in [2.45, 2.75) is 38.8 Å². The van der Waals surface area contributed by atoms with E-state index in [9.17, 15) is 19.2 Å². The second-order valence-electron chi connectivity index (χ2n) is 5.91. The molecule has 25 heavy (non-hydrogen) atoms. The van der Waals surface area contributed by atoms with E-state index in [0.29, 0.717) is 18.6 Å². The van der Waals surface area contributed by atoms with E-state index in [1.807, 2.05) is 20.1 Å². The number of carbonyl (C=O) groups excluding carboxylic acids is 3. The maximum absolute atomic E-state index is 12.5. The Morgan fingerprint density at radius 2 is 1.72 bits per heavy atom. The first-order chi connectivity index (χ1) is 11.7. The van der Waals surface area contributed by atoms with Gasteiger partial charge in [0.15, 0.2) is 0 Å². The van der Waals surface area contributed by atoms with E-state index in [-0.39, 0.29) is 12.5 Å². The van der Waals surface area contributed by atoms with Crippen LogP contribution in [0.3, 0.4) is 0 Å². The fourth-order valence-electron chi connectivity index (χ4n) is 2.02. The molecule has 10 heteroatoms. The molecule has 9 nitrogen and oxygen atoms in total. The standard InChI is InChI=1S/C15H28N4O5S/c1-9(2)6-11(18-12(20)7-16)15(24)19-10(4-5-25-3)14(23)17-8-13(21)22/h9-11H,4-8,16H2,1-3H3,(H,17,23)(H,18,20)(H,19,24)(H,21,22)/t10-,11-/m0/s1. The molecule has 0 bridgehead atoms. The molecule has 0 aliphatic carbocycles. The molecule has 0 aromatic heterocycles. The summed E-state index contributed by atoms with van der Waals surface area (Å²) >= 11 is 1.50. The number of carboxylic acid groups (broad SMARTS) is 1. The highest BCUT2D eigenvalue weighted by Gasteiger charge is 2.27. The fourth-order valence-corrected chi connectivity index (χ4v) is 2.49. The lowest BCUT2D eigenvalue weighted by Gasteiger charge is -2.23. The third-order valence-corrected chi connectivity index (χ3v) is 3.85. The number of hydrogen-bond acceptors (Lipinski definition) is 6. The number of carboxylic acids is 1. The summed E-state index contributed by atoms with van der Waals surface area (Å²) in [4.78, 5) is 46.7. The molecule has 0 saturated carbocycles. The summed E-state index contributed by atoms with van der Waals surface area (Å²) < 4.78 is 0. The molecule has 0 aliphatic rings. The summed E-state index contributed by atoms with van der Waals surface area (Å²) in [6.45, 7) is 3.04. The van der Waals surface area contributed by atoms with Gasteiger partial charge in [-0.05, 0) is 30.8 Å². The minimum Gasteiger partial charge on any atom is -0.480 e. The Bertz CT molecular complexity index is 473. The number of carbonyl (C=O) groups is 4. The molecule has 0 unspecified atom stereocenters. The molecule has 0 heterocycles. The first-order valence-electron chi connectivity index (χ1n) is 7.99. The molecule has 0 fully saturated rings. The topological polar surface area (TPSA) is 151 Å². The quantitative estimate of drug-likeness (QED) is 0.290. The van der Waals surface area contributed by atoms with Crippen molar-refractivity contribution in [2.75, 3.05) is 25.1 Å². The zero-order valence-corrected chi connectivity index (χ0v) is 15.6. The molecule has 0 radical (unpaired) electrons. The van der Waals surface area contributed by atoms with Crippen molar-refractivity contribution in [3.05, 3.63) is 0 Å². The Hall–Kier alpha value is -1.81. The lowest BCUT2D eigenvalue weighted by atomic mass is 10.0. The van der Waals surface area contributed by atoms with Gasteiger partial charge in [-0.2, -0.15) is 11.8 Å². The number of nitrogens with one attached hydrogen (secondary N) is 3. The normalized spacial score (nSPS) is 13.0. The van der Waals surface area contributed by atoms with Crippen molar-refractivity contribution < 1.29 is 24.3 Å². The van der Waals surface area contributed by atoms with Gasteiger partial charge >= 0.3 is 5.97 Å². The minimum atomic E-state index is -1.17. The van der Waals surface area contributed by atoms with Crippen LogP contribution in [0, 0.1) is 5.92 Å². The molecule has 0 aromatic rings. The van der Waals surface area contributed by atoms with Crippen LogP contribution < -0.4 is 21.7 Å². The molecule has 2 atom stereocenters. The Balaban J connectivity index is 4.99. The number of rotatable bonds is 12. The third-order valence-electron chi connectivity index (χ3n) is 3.20. The molecule has 0 aliphatic heterocycles. The van der Waals surface area contributed by atoms with Crippen LogP contribution in [0.4, 0.5) is 0 Å². The Labute approximate surface area is 151 Å². The van der Waals surface area contributed by atoms with E-state index in [1.165, 1.54) is 11.8 Å². The van der Waals surface area contributed by atoms with Crippen molar-refractivity contribution in [2.24, 2.45) is 11.7 Å². The molecule has 0 saturated heterocycles. The highest BCUT2D eigenvalue weighted by Crippen LogP contribution is 2.07. The van der Waals surface area contributed by atoms with Crippen LogP contribution in [0.5, 0.6) is 0 Å². The van der Waals surface area contributed by atoms with Gasteiger partial charge in [-0.1, -0.05) is 13.8 Å². The second kappa shape index (κ2) is 12.5. The fraction of sp³-hybridized carbons (Fsp3) is 0.733. The van der Waals surface area contributed by atoms with Crippen LogP contribution in [-0.4, -0.2) is 66.0 Å². The maximum Gasteiger partial charge on any atom is 0.322 e. The number of nitrogens with two attached hydrogens (primary N) is 1. The molecule has 6 N–H and O–H groups in total. The van der Waals surface area contributed by atoms with Crippen molar-refractivity contribution in [1.82, 2.24) is 16.0 Å². The SMILES string of the molecule is CSCC[C@H](NC(=O)[C@H](CC(C)C)NC(=O)CN)C(=O)NCC(=O)O. The van der Waals surface area contributed by atoms with Crippen molar-refractivity contribution in [3.63, 3.8) is 0 Å². The average Bonchev–Trinajstić information content (AvgIpc) is 2.54. The van der Waals surface area contributed by atoms with Gasteiger partial charge < -0.3 is 26.8 Å². The Morgan fingerprint density at radius 1 is 1.08 bits per heavy atom. The molecule has 0 rings (SSSR count). The van der Waals surface area contributed by atoms with Crippen molar-refractivity contribution in [1.29, 1.82) is 0 Å². The van der Waals surface area contributed by atoms with Gasteiger partial charge in [0.1, 0.15) is 18.6 Å². The van der Waals surface area contributed by atoms with Gasteiger partial charge in [-0.3, -0.25) is 19.2 Å². The molecule has 144 valence electrons. The summed E-state index contributed by atoms with van der Waals surface area (Å²) in [5, 5.41) is 16.0. The van der Waals surface area contributed by atoms with Crippen LogP contribution in [0.25, 0.3) is 0 Å². The maximum atomic E-state index is 12.5. The lowest BCUT2D eigenvalue weighted by molar-refractivity contribution is -0.138. The first kappa shape index (κ1) is 23.2. The zero-order valence-electron chi connectivity index (χ0n) is 14.8. The van der Waals surface area contributed by atoms with Crippen molar-refractivity contribution in [3.8, 4) is 0 Å². The van der Waals surface area contributed by atoms with Gasteiger partial charge in [-0.25, -0.2) is 0 Å². The first-order valence-corrected chi connectivity index (χ1v) is 9.38. The Morgan fingerprint density at radius 3 is 2.20 bits per heavy atom. The second-order valence-corrected chi connectivity index (χ2v) is 6.89. The number of aliphatic carboxylic acids is 1. The number of amides is 3. The monoisotopic (exact) mass is 376 g/mol. The smallest absolute Gasteiger partial charge is 0.322 e. The molecular weight excluding hydrogens is 348 g/mol. The van der Waals surface area contributed by atoms with Crippen LogP contribution in [0.15, 0.2) is 0 Å². The van der Waals surface area contributed by atoms with E-state index in [1.54, 1.807) is 0 Å². The predicted octanol–water partition coefficient (Wildman–Crippen LogP) is -1.09. The van der Waals surface area contributed by atoms with Gasteiger partial charge in [0, 0.05) is 0 Å². The Kier molecular flexibility index (Phi) is 11.6. The number of hydrogen-bond donors (Lipinski definition) is 5. The van der Waals surface area contributed by atoms with Crippen LogP contribution in [-0.2, 0) is 19.2 Å². The highest BCUT2D eigenvalue weighted by molar-refractivity contribution is 7.98. The number of thioether (sulfide) groups is 1. The zero-order chi connectivity index (χ0) is 19.4. The summed E-state index contributed by atoms with van der Waals surface area (Å²) in [6, 6.07) is -1.68. The van der Waals surface area contributed by atoms with Crippen molar-refractivity contribution >= 4 is 35.5 Å². The van der Waals surface area contributed by atoms with Gasteiger partial charge in [0.2, 0.25) is 17.7 Å². The highest BCUT2D eigenvalue weighted by atomic mass is 32.2. The van der Waals surface area contributed by atoms with E-state index < -0.39 is 42.3 Å². The summed E-state index contributed by atoms with van der Waals surface area (Å²) in [5.41, 5.74) is 5.27. The summed E-state index contributed by atoms with van der Waals surface area (Å²) in [7, 11) is 0. The third kappa shape index (κ3) is 10.6. The molecular formula is C15H28N4O5S. The van der Waals surface area contributed by atoms with E-state index >= 15 is 0 Å². The van der Waals surface area contributed by atoms with Gasteiger partial charge in [0.05, 0.1) is 6.54 Å². The van der Waals surface area contributed by atoms with E-state index in [2.05, 4.69) is 16.0 Å². The average molecular weight is 376 g/mol. The van der Waals surface area contributed by atoms with E-state index in [0.717, 1.165) is 0 Å². The van der Waals surface area contributed by atoms with Crippen LogP contribution >= 0.6 is 11.8 Å². The summed E-state index contributed by atoms with van der Waals surface area (Å²) in [5.74, 6) is -1.95. The molecule has 0 spiro atoms. The minimum absolute atomic E-state index is 0.138. The predicted molar refractivity (Wildman–Crippen MR) is 96.0 cm³/mol.